The minimum atomic E-state index is 0.298. The number of pyridine rings is 1. The van der Waals surface area contributed by atoms with Gasteiger partial charge in [-0.2, -0.15) is 11.8 Å². The SMILES string of the molecule is CC(C)CSCC(=O)Cc1ccncc1. The fraction of sp³-hybridized carbons (Fsp3) is 0.500. The summed E-state index contributed by atoms with van der Waals surface area (Å²) in [5, 5.41) is 0. The first-order valence-corrected chi connectivity index (χ1v) is 6.32. The van der Waals surface area contributed by atoms with E-state index in [9.17, 15) is 4.79 Å². The van der Waals surface area contributed by atoms with E-state index in [-0.39, 0.29) is 0 Å². The van der Waals surface area contributed by atoms with Crippen molar-refractivity contribution in [2.24, 2.45) is 5.92 Å². The zero-order valence-electron chi connectivity index (χ0n) is 9.27. The predicted octanol–water partition coefficient (Wildman–Crippen LogP) is 2.58. The van der Waals surface area contributed by atoms with Gasteiger partial charge in [-0.05, 0) is 29.4 Å². The fourth-order valence-electron chi connectivity index (χ4n) is 1.19. The molecular formula is C12H17NOS. The molecule has 2 nitrogen and oxygen atoms in total. The minimum Gasteiger partial charge on any atom is -0.298 e. The average molecular weight is 223 g/mol. The molecule has 82 valence electrons. The summed E-state index contributed by atoms with van der Waals surface area (Å²) in [4.78, 5) is 15.5. The van der Waals surface area contributed by atoms with Crippen molar-refractivity contribution in [3.63, 3.8) is 0 Å². The standard InChI is InChI=1S/C12H17NOS/c1-10(2)8-15-9-12(14)7-11-3-5-13-6-4-11/h3-6,10H,7-9H2,1-2H3. The quantitative estimate of drug-likeness (QED) is 0.742. The number of carbonyl (C=O) groups excluding carboxylic acids is 1. The molecule has 0 N–H and O–H groups in total. The summed E-state index contributed by atoms with van der Waals surface area (Å²) in [7, 11) is 0. The van der Waals surface area contributed by atoms with E-state index < -0.39 is 0 Å². The molecule has 1 aromatic heterocycles. The van der Waals surface area contributed by atoms with Gasteiger partial charge >= 0.3 is 0 Å². The molecule has 1 rings (SSSR count). The molecule has 0 amide bonds. The van der Waals surface area contributed by atoms with Crippen molar-refractivity contribution in [1.29, 1.82) is 0 Å². The third-order valence-corrected chi connectivity index (χ3v) is 3.29. The van der Waals surface area contributed by atoms with Crippen LogP contribution in [0.4, 0.5) is 0 Å². The van der Waals surface area contributed by atoms with E-state index in [0.717, 1.165) is 11.3 Å². The van der Waals surface area contributed by atoms with Crippen molar-refractivity contribution < 1.29 is 4.79 Å². The number of ketones is 1. The highest BCUT2D eigenvalue weighted by atomic mass is 32.2. The Balaban J connectivity index is 2.25. The van der Waals surface area contributed by atoms with Gasteiger partial charge in [0.05, 0.1) is 5.75 Å². The lowest BCUT2D eigenvalue weighted by Crippen LogP contribution is -2.07. The molecule has 3 heteroatoms. The number of Topliss-reactive ketones (excluding diaryl/α,β-unsaturated/α-hetero) is 1. The summed E-state index contributed by atoms with van der Waals surface area (Å²) in [5.41, 5.74) is 1.06. The van der Waals surface area contributed by atoms with Gasteiger partial charge in [0, 0.05) is 18.8 Å². The molecule has 15 heavy (non-hydrogen) atoms. The van der Waals surface area contributed by atoms with Crippen LogP contribution in [0.2, 0.25) is 0 Å². The van der Waals surface area contributed by atoms with Crippen molar-refractivity contribution in [2.75, 3.05) is 11.5 Å². The molecule has 0 saturated carbocycles. The Kier molecular flexibility index (Phi) is 5.40. The first-order valence-electron chi connectivity index (χ1n) is 5.17. The van der Waals surface area contributed by atoms with Crippen molar-refractivity contribution in [2.45, 2.75) is 20.3 Å². The second kappa shape index (κ2) is 6.62. The normalized spacial score (nSPS) is 10.6. The molecule has 0 unspecified atom stereocenters. The third-order valence-electron chi connectivity index (χ3n) is 1.86. The van der Waals surface area contributed by atoms with Crippen LogP contribution in [-0.2, 0) is 11.2 Å². The molecule has 0 radical (unpaired) electrons. The van der Waals surface area contributed by atoms with Gasteiger partial charge in [0.1, 0.15) is 5.78 Å². The number of aromatic nitrogens is 1. The van der Waals surface area contributed by atoms with E-state index in [0.29, 0.717) is 23.9 Å². The smallest absolute Gasteiger partial charge is 0.147 e. The lowest BCUT2D eigenvalue weighted by atomic mass is 10.1. The molecule has 0 atom stereocenters. The molecule has 0 spiro atoms. The highest BCUT2D eigenvalue weighted by molar-refractivity contribution is 7.99. The molecular weight excluding hydrogens is 206 g/mol. The molecule has 0 aromatic carbocycles. The molecule has 0 saturated heterocycles. The molecule has 0 aliphatic rings. The van der Waals surface area contributed by atoms with Gasteiger partial charge in [-0.3, -0.25) is 9.78 Å². The highest BCUT2D eigenvalue weighted by Gasteiger charge is 2.04. The summed E-state index contributed by atoms with van der Waals surface area (Å²) in [6.45, 7) is 4.33. The Morgan fingerprint density at radius 2 is 2.07 bits per heavy atom. The Labute approximate surface area is 95.5 Å². The molecule has 0 fully saturated rings. The van der Waals surface area contributed by atoms with Crippen LogP contribution in [0.25, 0.3) is 0 Å². The van der Waals surface area contributed by atoms with Gasteiger partial charge < -0.3 is 0 Å². The van der Waals surface area contributed by atoms with Crippen LogP contribution >= 0.6 is 11.8 Å². The summed E-state index contributed by atoms with van der Waals surface area (Å²) in [6, 6.07) is 3.79. The summed E-state index contributed by atoms with van der Waals surface area (Å²) < 4.78 is 0. The highest BCUT2D eigenvalue weighted by Crippen LogP contribution is 2.09. The number of rotatable bonds is 6. The van der Waals surface area contributed by atoms with Crippen LogP contribution in [0.1, 0.15) is 19.4 Å². The van der Waals surface area contributed by atoms with E-state index in [1.807, 2.05) is 12.1 Å². The van der Waals surface area contributed by atoms with Crippen LogP contribution < -0.4 is 0 Å². The second-order valence-corrected chi connectivity index (χ2v) is 5.01. The Morgan fingerprint density at radius 1 is 1.40 bits per heavy atom. The van der Waals surface area contributed by atoms with E-state index in [1.165, 1.54) is 0 Å². The molecule has 1 heterocycles. The van der Waals surface area contributed by atoms with Gasteiger partial charge in [0.2, 0.25) is 0 Å². The lowest BCUT2D eigenvalue weighted by Gasteiger charge is -2.03. The Hall–Kier alpha value is -0.830. The van der Waals surface area contributed by atoms with Crippen molar-refractivity contribution in [1.82, 2.24) is 4.98 Å². The van der Waals surface area contributed by atoms with Crippen molar-refractivity contribution >= 4 is 17.5 Å². The first kappa shape index (κ1) is 12.2. The maximum atomic E-state index is 11.6. The maximum Gasteiger partial charge on any atom is 0.147 e. The Bertz CT molecular complexity index is 298. The van der Waals surface area contributed by atoms with Crippen LogP contribution in [0.3, 0.4) is 0 Å². The zero-order chi connectivity index (χ0) is 11.1. The van der Waals surface area contributed by atoms with Crippen molar-refractivity contribution in [3.8, 4) is 0 Å². The van der Waals surface area contributed by atoms with Crippen LogP contribution in [0.15, 0.2) is 24.5 Å². The average Bonchev–Trinajstić information content (AvgIpc) is 2.18. The van der Waals surface area contributed by atoms with Crippen LogP contribution in [0, 0.1) is 5.92 Å². The number of nitrogens with zero attached hydrogens (tertiary/aromatic N) is 1. The topological polar surface area (TPSA) is 30.0 Å². The van der Waals surface area contributed by atoms with Gasteiger partial charge in [-0.1, -0.05) is 13.8 Å². The number of hydrogen-bond acceptors (Lipinski definition) is 3. The summed E-state index contributed by atoms with van der Waals surface area (Å²) >= 11 is 1.72. The number of carbonyl (C=O) groups is 1. The monoisotopic (exact) mass is 223 g/mol. The Morgan fingerprint density at radius 3 is 2.67 bits per heavy atom. The molecule has 0 aliphatic heterocycles. The zero-order valence-corrected chi connectivity index (χ0v) is 10.1. The summed E-state index contributed by atoms with van der Waals surface area (Å²) in [6.07, 6.45) is 3.99. The van der Waals surface area contributed by atoms with Crippen LogP contribution in [-0.4, -0.2) is 22.3 Å². The van der Waals surface area contributed by atoms with Gasteiger partial charge in [0.25, 0.3) is 0 Å². The third kappa shape index (κ3) is 5.57. The fourth-order valence-corrected chi connectivity index (χ4v) is 2.11. The lowest BCUT2D eigenvalue weighted by molar-refractivity contribution is -0.116. The number of thioether (sulfide) groups is 1. The van der Waals surface area contributed by atoms with Gasteiger partial charge in [-0.15, -0.1) is 0 Å². The molecule has 1 aromatic rings. The van der Waals surface area contributed by atoms with E-state index in [1.54, 1.807) is 24.2 Å². The maximum absolute atomic E-state index is 11.6. The summed E-state index contributed by atoms with van der Waals surface area (Å²) in [5.74, 6) is 2.64. The molecule has 0 bridgehead atoms. The van der Waals surface area contributed by atoms with Gasteiger partial charge in [-0.25, -0.2) is 0 Å². The largest absolute Gasteiger partial charge is 0.298 e. The minimum absolute atomic E-state index is 0.298. The van der Waals surface area contributed by atoms with E-state index in [2.05, 4.69) is 18.8 Å². The van der Waals surface area contributed by atoms with Crippen LogP contribution in [0.5, 0.6) is 0 Å². The second-order valence-electron chi connectivity index (χ2n) is 3.98. The van der Waals surface area contributed by atoms with E-state index >= 15 is 0 Å². The predicted molar refractivity (Wildman–Crippen MR) is 65.1 cm³/mol. The van der Waals surface area contributed by atoms with Crippen molar-refractivity contribution in [3.05, 3.63) is 30.1 Å². The number of hydrogen-bond donors (Lipinski definition) is 0. The first-order chi connectivity index (χ1) is 7.18. The van der Waals surface area contributed by atoms with E-state index in [4.69, 9.17) is 0 Å². The van der Waals surface area contributed by atoms with Gasteiger partial charge in [0.15, 0.2) is 0 Å². The molecule has 0 aliphatic carbocycles.